The number of rotatable bonds is 42. The van der Waals surface area contributed by atoms with Crippen molar-refractivity contribution in [3.8, 4) is 0 Å². The summed E-state index contributed by atoms with van der Waals surface area (Å²) < 4.78 is 32.7. The molecule has 55 heavy (non-hydrogen) atoms. The summed E-state index contributed by atoms with van der Waals surface area (Å²) in [6.45, 7) is 3.67. The van der Waals surface area contributed by atoms with E-state index in [0.717, 1.165) is 44.9 Å². The smallest absolute Gasteiger partial charge is 0.462 e. The second kappa shape index (κ2) is 41.9. The molecule has 0 saturated carbocycles. The van der Waals surface area contributed by atoms with Crippen molar-refractivity contribution in [3.05, 3.63) is 36.5 Å². The Balaban J connectivity index is 4.15. The molecule has 0 fully saturated rings. The molecule has 9 nitrogen and oxygen atoms in total. The second-order valence-corrected chi connectivity index (χ2v) is 16.4. The van der Waals surface area contributed by atoms with Gasteiger partial charge < -0.3 is 20.1 Å². The number of hydrogen-bond donors (Lipinski definition) is 2. The molecule has 0 aliphatic rings. The number of nitrogens with two attached hydrogens (primary N) is 1. The molecule has 2 atom stereocenters. The number of phosphoric ester groups is 1. The summed E-state index contributed by atoms with van der Waals surface area (Å²) in [7, 11) is -4.39. The average Bonchev–Trinajstić information content (AvgIpc) is 3.17. The zero-order valence-corrected chi connectivity index (χ0v) is 36.3. The van der Waals surface area contributed by atoms with E-state index < -0.39 is 32.5 Å². The predicted octanol–water partition coefficient (Wildman–Crippen LogP) is 12.9. The minimum absolute atomic E-state index is 0.0483. The monoisotopic (exact) mass is 798 g/mol. The number of allylic oxidation sites excluding steroid dienone is 6. The van der Waals surface area contributed by atoms with Crippen LogP contribution in [0.2, 0.25) is 0 Å². The molecule has 0 aromatic heterocycles. The number of hydrogen-bond acceptors (Lipinski definition) is 8. The molecule has 0 spiro atoms. The fourth-order valence-electron chi connectivity index (χ4n) is 6.15. The van der Waals surface area contributed by atoms with Crippen LogP contribution in [0.1, 0.15) is 206 Å². The van der Waals surface area contributed by atoms with E-state index in [1.54, 1.807) is 0 Å². The van der Waals surface area contributed by atoms with Crippen molar-refractivity contribution in [1.29, 1.82) is 0 Å². The first kappa shape index (κ1) is 53.2. The van der Waals surface area contributed by atoms with Crippen LogP contribution in [0.4, 0.5) is 0 Å². The zero-order chi connectivity index (χ0) is 40.3. The SMILES string of the molecule is CCCCC/C=C/C/C=C/CCCCCCCCCCCC(=O)OC[C@H](COP(=O)(O)OCCN)OC(=O)CC/C=C/CCCCCCCCCCCCC. The van der Waals surface area contributed by atoms with Crippen molar-refractivity contribution in [2.24, 2.45) is 5.73 Å². The highest BCUT2D eigenvalue weighted by Crippen LogP contribution is 2.43. The van der Waals surface area contributed by atoms with Gasteiger partial charge in [0.05, 0.1) is 13.2 Å². The van der Waals surface area contributed by atoms with E-state index in [4.69, 9.17) is 24.3 Å². The van der Waals surface area contributed by atoms with Gasteiger partial charge in [0.2, 0.25) is 0 Å². The molecule has 0 saturated heterocycles. The van der Waals surface area contributed by atoms with Gasteiger partial charge in [-0.1, -0.05) is 172 Å². The molecule has 0 aromatic rings. The first-order chi connectivity index (χ1) is 26.8. The molecule has 1 unspecified atom stereocenters. The summed E-state index contributed by atoms with van der Waals surface area (Å²) in [5.74, 6) is -0.886. The number of unbranched alkanes of at least 4 members (excludes halogenated alkanes) is 23. The number of phosphoric acid groups is 1. The largest absolute Gasteiger partial charge is 0.472 e. The predicted molar refractivity (Wildman–Crippen MR) is 229 cm³/mol. The molecule has 0 aliphatic carbocycles. The van der Waals surface area contributed by atoms with Gasteiger partial charge in [-0.25, -0.2) is 4.57 Å². The molecular weight excluding hydrogens is 713 g/mol. The van der Waals surface area contributed by atoms with Gasteiger partial charge >= 0.3 is 19.8 Å². The molecule has 0 rings (SSSR count). The Hall–Kier alpha value is -1.77. The Morgan fingerprint density at radius 1 is 0.545 bits per heavy atom. The minimum Gasteiger partial charge on any atom is -0.462 e. The highest BCUT2D eigenvalue weighted by Gasteiger charge is 2.25. The zero-order valence-electron chi connectivity index (χ0n) is 35.4. The van der Waals surface area contributed by atoms with Crippen LogP contribution in [-0.2, 0) is 32.7 Å². The van der Waals surface area contributed by atoms with E-state index in [1.807, 2.05) is 6.08 Å². The molecule has 322 valence electrons. The van der Waals surface area contributed by atoms with E-state index in [-0.39, 0.29) is 32.6 Å². The maximum absolute atomic E-state index is 12.6. The van der Waals surface area contributed by atoms with Crippen molar-refractivity contribution in [1.82, 2.24) is 0 Å². The van der Waals surface area contributed by atoms with Gasteiger partial charge in [-0.3, -0.25) is 18.6 Å². The van der Waals surface area contributed by atoms with Crippen LogP contribution in [-0.4, -0.2) is 49.3 Å². The number of carbonyl (C=O) groups excluding carboxylic acids is 2. The summed E-state index contributed by atoms with van der Waals surface area (Å²) in [6.07, 6.45) is 46.1. The van der Waals surface area contributed by atoms with Crippen LogP contribution in [0.25, 0.3) is 0 Å². The minimum atomic E-state index is -4.39. The van der Waals surface area contributed by atoms with Crippen LogP contribution in [0.3, 0.4) is 0 Å². The quantitative estimate of drug-likeness (QED) is 0.0268. The van der Waals surface area contributed by atoms with Crippen LogP contribution < -0.4 is 5.73 Å². The van der Waals surface area contributed by atoms with E-state index in [9.17, 15) is 19.0 Å². The first-order valence-corrected chi connectivity index (χ1v) is 24.0. The Labute approximate surface area is 337 Å². The van der Waals surface area contributed by atoms with Gasteiger partial charge in [0.15, 0.2) is 6.10 Å². The molecule has 0 heterocycles. The van der Waals surface area contributed by atoms with E-state index in [0.29, 0.717) is 6.42 Å². The summed E-state index contributed by atoms with van der Waals surface area (Å²) in [4.78, 5) is 34.9. The highest BCUT2D eigenvalue weighted by molar-refractivity contribution is 7.47. The highest BCUT2D eigenvalue weighted by atomic mass is 31.2. The van der Waals surface area contributed by atoms with E-state index >= 15 is 0 Å². The molecule has 10 heteroatoms. The van der Waals surface area contributed by atoms with Crippen LogP contribution in [0.5, 0.6) is 0 Å². The van der Waals surface area contributed by atoms with Gasteiger partial charge in [0, 0.05) is 19.4 Å². The third kappa shape index (κ3) is 41.7. The first-order valence-electron chi connectivity index (χ1n) is 22.5. The maximum atomic E-state index is 12.6. The second-order valence-electron chi connectivity index (χ2n) is 14.9. The topological polar surface area (TPSA) is 134 Å². The normalized spacial score (nSPS) is 13.6. The van der Waals surface area contributed by atoms with Crippen molar-refractivity contribution in [2.75, 3.05) is 26.4 Å². The molecule has 0 aliphatic heterocycles. The van der Waals surface area contributed by atoms with Gasteiger partial charge in [-0.15, -0.1) is 0 Å². The van der Waals surface area contributed by atoms with Crippen LogP contribution in [0, 0.1) is 0 Å². The van der Waals surface area contributed by atoms with Gasteiger partial charge in [-0.05, 0) is 57.8 Å². The van der Waals surface area contributed by atoms with E-state index in [2.05, 4.69) is 44.2 Å². The van der Waals surface area contributed by atoms with Crippen molar-refractivity contribution < 1.29 is 37.6 Å². The Morgan fingerprint density at radius 2 is 0.982 bits per heavy atom. The summed E-state index contributed by atoms with van der Waals surface area (Å²) in [5, 5.41) is 0. The Bertz CT molecular complexity index is 1000. The summed E-state index contributed by atoms with van der Waals surface area (Å²) >= 11 is 0. The lowest BCUT2D eigenvalue weighted by Gasteiger charge is -2.19. The lowest BCUT2D eigenvalue weighted by atomic mass is 10.1. The lowest BCUT2D eigenvalue weighted by Crippen LogP contribution is -2.29. The summed E-state index contributed by atoms with van der Waals surface area (Å²) in [5.41, 5.74) is 5.35. The van der Waals surface area contributed by atoms with Gasteiger partial charge in [0.1, 0.15) is 6.61 Å². The number of ether oxygens (including phenoxy) is 2. The molecule has 0 aromatic carbocycles. The number of carbonyl (C=O) groups is 2. The van der Waals surface area contributed by atoms with Crippen molar-refractivity contribution >= 4 is 19.8 Å². The third-order valence-corrected chi connectivity index (χ3v) is 10.5. The number of esters is 2. The Kier molecular flexibility index (Phi) is 40.5. The molecule has 0 amide bonds. The molecule has 0 radical (unpaired) electrons. The van der Waals surface area contributed by atoms with Crippen molar-refractivity contribution in [2.45, 2.75) is 213 Å². The summed E-state index contributed by atoms with van der Waals surface area (Å²) in [6, 6.07) is 0. The molecule has 0 bridgehead atoms. The third-order valence-electron chi connectivity index (χ3n) is 9.51. The van der Waals surface area contributed by atoms with Crippen molar-refractivity contribution in [3.63, 3.8) is 0 Å². The van der Waals surface area contributed by atoms with Crippen LogP contribution >= 0.6 is 7.82 Å². The fourth-order valence-corrected chi connectivity index (χ4v) is 6.92. The molecule has 3 N–H and O–H groups in total. The molecular formula is C45H84NO8P. The fraction of sp³-hybridized carbons (Fsp3) is 0.822. The standard InChI is InChI=1S/C45H84NO8P/c1-3-5-7-9-11-13-15-17-19-20-21-22-24-25-27-29-31-33-35-37-44(47)51-41-43(42-53-55(49,50)52-40-39-46)54-45(48)38-36-34-32-30-28-26-23-18-16-14-12-10-8-6-4-2/h11,13,17,19,32,34,43H,3-10,12,14-16,18,20-31,33,35-42,46H2,1-2H3,(H,49,50)/b13-11+,19-17+,34-32+/t43-/m1/s1. The van der Waals surface area contributed by atoms with Gasteiger partial charge in [0.25, 0.3) is 0 Å². The van der Waals surface area contributed by atoms with Crippen LogP contribution in [0.15, 0.2) is 36.5 Å². The maximum Gasteiger partial charge on any atom is 0.472 e. The van der Waals surface area contributed by atoms with Gasteiger partial charge in [-0.2, -0.15) is 0 Å². The Morgan fingerprint density at radius 3 is 1.51 bits per heavy atom. The lowest BCUT2D eigenvalue weighted by molar-refractivity contribution is -0.161. The van der Waals surface area contributed by atoms with E-state index in [1.165, 1.54) is 128 Å². The average molecular weight is 798 g/mol.